The minimum Gasteiger partial charge on any atom is -0.392 e. The molecule has 1 aliphatic carbocycles. The van der Waals surface area contributed by atoms with Crippen molar-refractivity contribution in [3.05, 3.63) is 11.7 Å². The molecule has 20 heavy (non-hydrogen) atoms. The second-order valence-electron chi connectivity index (χ2n) is 5.61. The van der Waals surface area contributed by atoms with Crippen LogP contribution in [-0.4, -0.2) is 28.5 Å². The van der Waals surface area contributed by atoms with Gasteiger partial charge in [-0.05, 0) is 31.6 Å². The number of rotatable bonds is 5. The van der Waals surface area contributed by atoms with Crippen LogP contribution in [0.3, 0.4) is 0 Å². The van der Waals surface area contributed by atoms with Crippen LogP contribution in [0, 0.1) is 17.2 Å². The van der Waals surface area contributed by atoms with Crippen molar-refractivity contribution in [2.75, 3.05) is 7.11 Å². The van der Waals surface area contributed by atoms with E-state index in [1.165, 1.54) is 0 Å². The van der Waals surface area contributed by atoms with E-state index in [-0.39, 0.29) is 12.8 Å². The summed E-state index contributed by atoms with van der Waals surface area (Å²) in [7, 11) is 1.68. The van der Waals surface area contributed by atoms with Crippen LogP contribution < -0.4 is 0 Å². The molecule has 0 amide bonds. The van der Waals surface area contributed by atoms with Crippen molar-refractivity contribution in [1.82, 2.24) is 10.1 Å². The number of hydrogen-bond acceptors (Lipinski definition) is 6. The summed E-state index contributed by atoms with van der Waals surface area (Å²) in [4.78, 5) is 4.35. The summed E-state index contributed by atoms with van der Waals surface area (Å²) >= 11 is 0. The first-order valence-corrected chi connectivity index (χ1v) is 7.03. The topological polar surface area (TPSA) is 92.2 Å². The molecule has 6 nitrogen and oxygen atoms in total. The fraction of sp³-hybridized carbons (Fsp3) is 0.786. The van der Waals surface area contributed by atoms with E-state index < -0.39 is 11.7 Å². The zero-order chi connectivity index (χ0) is 14.6. The molecule has 0 saturated heterocycles. The number of nitriles is 1. The van der Waals surface area contributed by atoms with E-state index in [2.05, 4.69) is 17.1 Å². The Balaban J connectivity index is 2.08. The van der Waals surface area contributed by atoms with Gasteiger partial charge < -0.3 is 14.4 Å². The summed E-state index contributed by atoms with van der Waals surface area (Å²) in [5.74, 6) is 1.62. The van der Waals surface area contributed by atoms with Crippen LogP contribution in [0.25, 0.3) is 0 Å². The number of aliphatic hydroxyl groups excluding tert-OH is 1. The number of aliphatic hydroxyl groups is 1. The molecule has 1 N–H and O–H groups in total. The Morgan fingerprint density at radius 3 is 2.85 bits per heavy atom. The minimum atomic E-state index is -0.766. The minimum absolute atomic E-state index is 0.0602. The molecule has 1 aromatic rings. The molecule has 1 aliphatic rings. The first-order chi connectivity index (χ1) is 9.59. The zero-order valence-electron chi connectivity index (χ0n) is 12.0. The molecule has 0 bridgehead atoms. The molecule has 1 aromatic heterocycles. The highest BCUT2D eigenvalue weighted by molar-refractivity contribution is 5.04. The first-order valence-electron chi connectivity index (χ1n) is 7.03. The molecule has 110 valence electrons. The van der Waals surface area contributed by atoms with Crippen LogP contribution in [0.4, 0.5) is 0 Å². The third-order valence-corrected chi connectivity index (χ3v) is 4.09. The normalized spacial score (nSPS) is 28.0. The van der Waals surface area contributed by atoms with Crippen molar-refractivity contribution in [3.63, 3.8) is 0 Å². The second kappa shape index (κ2) is 6.33. The van der Waals surface area contributed by atoms with Gasteiger partial charge in [-0.2, -0.15) is 10.2 Å². The van der Waals surface area contributed by atoms with Gasteiger partial charge in [-0.3, -0.25) is 0 Å². The van der Waals surface area contributed by atoms with Crippen LogP contribution >= 0.6 is 0 Å². The largest absolute Gasteiger partial charge is 0.392 e. The lowest BCUT2D eigenvalue weighted by Crippen LogP contribution is -2.34. The van der Waals surface area contributed by atoms with E-state index in [0.29, 0.717) is 17.6 Å². The highest BCUT2D eigenvalue weighted by Crippen LogP contribution is 2.40. The Morgan fingerprint density at radius 2 is 2.25 bits per heavy atom. The van der Waals surface area contributed by atoms with E-state index in [0.717, 1.165) is 25.7 Å². The van der Waals surface area contributed by atoms with Gasteiger partial charge in [0.25, 0.3) is 0 Å². The van der Waals surface area contributed by atoms with E-state index in [9.17, 15) is 5.11 Å². The van der Waals surface area contributed by atoms with Crippen molar-refractivity contribution in [2.24, 2.45) is 5.92 Å². The van der Waals surface area contributed by atoms with Crippen LogP contribution in [0.5, 0.6) is 0 Å². The molecule has 1 unspecified atom stereocenters. The summed E-state index contributed by atoms with van der Waals surface area (Å²) in [5.41, 5.74) is -0.464. The van der Waals surface area contributed by atoms with Gasteiger partial charge >= 0.3 is 0 Å². The van der Waals surface area contributed by atoms with Gasteiger partial charge in [-0.1, -0.05) is 12.1 Å². The summed E-state index contributed by atoms with van der Waals surface area (Å²) in [6.45, 7) is 2.24. The highest BCUT2D eigenvalue weighted by atomic mass is 16.5. The number of hydrogen-bond donors (Lipinski definition) is 1. The van der Waals surface area contributed by atoms with Crippen molar-refractivity contribution in [2.45, 2.75) is 57.2 Å². The molecular formula is C14H21N3O3. The van der Waals surface area contributed by atoms with Gasteiger partial charge in [-0.25, -0.2) is 0 Å². The lowest BCUT2D eigenvalue weighted by atomic mass is 9.79. The maximum atomic E-state index is 9.60. The number of nitrogens with zero attached hydrogens (tertiary/aromatic N) is 3. The van der Waals surface area contributed by atoms with Gasteiger partial charge in [0.2, 0.25) is 11.7 Å². The molecule has 0 radical (unpaired) electrons. The molecule has 1 fully saturated rings. The predicted molar refractivity (Wildman–Crippen MR) is 70.6 cm³/mol. The molecule has 1 saturated carbocycles. The summed E-state index contributed by atoms with van der Waals surface area (Å²) < 4.78 is 10.9. The molecule has 2 rings (SSSR count). The van der Waals surface area contributed by atoms with Crippen molar-refractivity contribution < 1.29 is 14.4 Å². The third kappa shape index (κ3) is 3.17. The lowest BCUT2D eigenvalue weighted by molar-refractivity contribution is -0.0609. The van der Waals surface area contributed by atoms with Gasteiger partial charge in [0.1, 0.15) is 5.60 Å². The van der Waals surface area contributed by atoms with Gasteiger partial charge in [0, 0.05) is 7.11 Å². The quantitative estimate of drug-likeness (QED) is 0.885. The molecule has 6 heteroatoms. The summed E-state index contributed by atoms with van der Waals surface area (Å²) in [5, 5.41) is 22.1. The smallest absolute Gasteiger partial charge is 0.229 e. The maximum absolute atomic E-state index is 9.60. The van der Waals surface area contributed by atoms with Gasteiger partial charge in [0.15, 0.2) is 0 Å². The predicted octanol–water partition coefficient (Wildman–Crippen LogP) is 1.94. The Hall–Kier alpha value is -1.45. The average Bonchev–Trinajstić information content (AvgIpc) is 2.89. The van der Waals surface area contributed by atoms with Crippen molar-refractivity contribution in [1.29, 1.82) is 5.26 Å². The van der Waals surface area contributed by atoms with Crippen LogP contribution in [-0.2, 0) is 16.8 Å². The molecule has 0 spiro atoms. The summed E-state index contributed by atoms with van der Waals surface area (Å²) in [6.07, 6.45) is 3.41. The van der Waals surface area contributed by atoms with Crippen molar-refractivity contribution >= 4 is 0 Å². The lowest BCUT2D eigenvalue weighted by Gasteiger charge is -2.35. The SMILES string of the molecule is COC1(c2noc(CC(O)CC#N)n2)CCC(C)CC1. The van der Waals surface area contributed by atoms with Crippen LogP contribution in [0.15, 0.2) is 4.52 Å². The monoisotopic (exact) mass is 279 g/mol. The van der Waals surface area contributed by atoms with E-state index in [1.807, 2.05) is 6.07 Å². The average molecular weight is 279 g/mol. The molecule has 1 heterocycles. The van der Waals surface area contributed by atoms with Crippen LogP contribution in [0.1, 0.15) is 50.7 Å². The van der Waals surface area contributed by atoms with E-state index >= 15 is 0 Å². The number of methoxy groups -OCH3 is 1. The molecule has 1 atom stereocenters. The standard InChI is InChI=1S/C14H21N3O3/c1-10-3-6-14(19-2,7-4-10)13-16-12(20-17-13)9-11(18)5-8-15/h10-11,18H,3-7,9H2,1-2H3. The van der Waals surface area contributed by atoms with Gasteiger partial charge in [0.05, 0.1) is 25.0 Å². The fourth-order valence-electron chi connectivity index (χ4n) is 2.65. The molecular weight excluding hydrogens is 258 g/mol. The Bertz CT molecular complexity index is 472. The highest BCUT2D eigenvalue weighted by Gasteiger charge is 2.40. The number of ether oxygens (including phenoxy) is 1. The van der Waals surface area contributed by atoms with E-state index in [1.54, 1.807) is 7.11 Å². The third-order valence-electron chi connectivity index (χ3n) is 4.09. The Kier molecular flexibility index (Phi) is 4.73. The summed E-state index contributed by atoms with van der Waals surface area (Å²) in [6, 6.07) is 1.92. The Morgan fingerprint density at radius 1 is 1.55 bits per heavy atom. The fourth-order valence-corrected chi connectivity index (χ4v) is 2.65. The maximum Gasteiger partial charge on any atom is 0.229 e. The van der Waals surface area contributed by atoms with E-state index in [4.69, 9.17) is 14.5 Å². The number of aromatic nitrogens is 2. The van der Waals surface area contributed by atoms with Crippen molar-refractivity contribution in [3.8, 4) is 6.07 Å². The Labute approximate surface area is 118 Å². The van der Waals surface area contributed by atoms with Gasteiger partial charge in [-0.15, -0.1) is 0 Å². The second-order valence-corrected chi connectivity index (χ2v) is 5.61. The first kappa shape index (κ1) is 14.9. The molecule has 0 aliphatic heterocycles. The molecule has 0 aromatic carbocycles. The van der Waals surface area contributed by atoms with Crippen LogP contribution in [0.2, 0.25) is 0 Å². The zero-order valence-corrected chi connectivity index (χ0v) is 12.0.